The fourth-order valence-corrected chi connectivity index (χ4v) is 3.06. The highest BCUT2D eigenvalue weighted by Crippen LogP contribution is 2.29. The number of rotatable bonds is 5. The van der Waals surface area contributed by atoms with Crippen molar-refractivity contribution in [1.82, 2.24) is 10.6 Å². The van der Waals surface area contributed by atoms with Crippen LogP contribution in [0.4, 0.5) is 4.79 Å². The van der Waals surface area contributed by atoms with Crippen molar-refractivity contribution in [2.45, 2.75) is 12.6 Å². The molecule has 21 heavy (non-hydrogen) atoms. The summed E-state index contributed by atoms with van der Waals surface area (Å²) in [6, 6.07) is 8.48. The van der Waals surface area contributed by atoms with Crippen molar-refractivity contribution in [2.75, 3.05) is 6.54 Å². The maximum atomic E-state index is 11.6. The highest BCUT2D eigenvalue weighted by atomic mass is 35.5. The molecule has 1 aromatic carbocycles. The molecule has 0 saturated carbocycles. The van der Waals surface area contributed by atoms with Crippen LogP contribution in [0.2, 0.25) is 10.0 Å². The van der Waals surface area contributed by atoms with Gasteiger partial charge in [-0.2, -0.15) is 0 Å². The van der Waals surface area contributed by atoms with Crippen LogP contribution in [0.5, 0.6) is 0 Å². The fourth-order valence-electron chi connectivity index (χ4n) is 1.76. The summed E-state index contributed by atoms with van der Waals surface area (Å²) in [5, 5.41) is 18.0. The predicted molar refractivity (Wildman–Crippen MR) is 86.0 cm³/mol. The largest absolute Gasteiger partial charge is 0.386 e. The van der Waals surface area contributed by atoms with Gasteiger partial charge in [0.15, 0.2) is 0 Å². The van der Waals surface area contributed by atoms with Crippen molar-refractivity contribution >= 4 is 40.6 Å². The third kappa shape index (κ3) is 4.61. The lowest BCUT2D eigenvalue weighted by atomic mass is 10.1. The smallest absolute Gasteiger partial charge is 0.315 e. The number of carbonyl (C=O) groups is 1. The minimum absolute atomic E-state index is 0.0275. The molecule has 1 atom stereocenters. The quantitative estimate of drug-likeness (QED) is 0.776. The van der Waals surface area contributed by atoms with Gasteiger partial charge < -0.3 is 15.7 Å². The van der Waals surface area contributed by atoms with E-state index < -0.39 is 6.10 Å². The molecule has 0 aliphatic rings. The third-order valence-corrected chi connectivity index (χ3v) is 4.33. The summed E-state index contributed by atoms with van der Waals surface area (Å²) in [4.78, 5) is 12.7. The first kappa shape index (κ1) is 16.1. The highest BCUT2D eigenvalue weighted by Gasteiger charge is 2.16. The lowest BCUT2D eigenvalue weighted by molar-refractivity contribution is 0.173. The number of thiophene rings is 1. The second kappa shape index (κ2) is 7.66. The second-order valence-corrected chi connectivity index (χ2v) is 6.14. The number of nitrogens with one attached hydrogen (secondary N) is 2. The molecule has 3 N–H and O–H groups in total. The molecule has 1 heterocycles. The van der Waals surface area contributed by atoms with Crippen LogP contribution >= 0.6 is 34.5 Å². The number of hydrogen-bond donors (Lipinski definition) is 3. The molecule has 2 amide bonds. The van der Waals surface area contributed by atoms with E-state index >= 15 is 0 Å². The van der Waals surface area contributed by atoms with Gasteiger partial charge in [-0.15, -0.1) is 11.3 Å². The van der Waals surface area contributed by atoms with E-state index in [0.29, 0.717) is 22.2 Å². The van der Waals surface area contributed by atoms with Crippen LogP contribution in [0.3, 0.4) is 0 Å². The van der Waals surface area contributed by atoms with Crippen LogP contribution in [0.1, 0.15) is 16.5 Å². The molecule has 2 rings (SSSR count). The van der Waals surface area contributed by atoms with Crippen LogP contribution in [-0.2, 0) is 6.54 Å². The SMILES string of the molecule is O=C(NCc1cccs1)NCC(O)c1c(Cl)cccc1Cl. The van der Waals surface area contributed by atoms with Crippen molar-refractivity contribution in [2.24, 2.45) is 0 Å². The molecule has 0 saturated heterocycles. The van der Waals surface area contributed by atoms with Crippen LogP contribution in [0.25, 0.3) is 0 Å². The predicted octanol–water partition coefficient (Wildman–Crippen LogP) is 3.59. The Hall–Kier alpha value is -1.27. The molecule has 4 nitrogen and oxygen atoms in total. The van der Waals surface area contributed by atoms with Gasteiger partial charge in [0.25, 0.3) is 0 Å². The number of carbonyl (C=O) groups excluding carboxylic acids is 1. The Bertz CT molecular complexity index is 585. The number of benzene rings is 1. The molecule has 0 aliphatic carbocycles. The summed E-state index contributed by atoms with van der Waals surface area (Å²) in [6.07, 6.45) is -0.960. The lowest BCUT2D eigenvalue weighted by Crippen LogP contribution is -2.37. The number of aliphatic hydroxyl groups excluding tert-OH is 1. The molecule has 112 valence electrons. The summed E-state index contributed by atoms with van der Waals surface area (Å²) >= 11 is 13.6. The lowest BCUT2D eigenvalue weighted by Gasteiger charge is -2.15. The molecule has 7 heteroatoms. The Kier molecular flexibility index (Phi) is 5.87. The van der Waals surface area contributed by atoms with Crippen LogP contribution in [0.15, 0.2) is 35.7 Å². The van der Waals surface area contributed by atoms with E-state index in [-0.39, 0.29) is 12.6 Å². The average molecular weight is 345 g/mol. The summed E-state index contributed by atoms with van der Waals surface area (Å²) in [5.41, 5.74) is 0.416. The second-order valence-electron chi connectivity index (χ2n) is 4.29. The van der Waals surface area contributed by atoms with Gasteiger partial charge in [0.1, 0.15) is 0 Å². The van der Waals surface area contributed by atoms with Gasteiger partial charge >= 0.3 is 6.03 Å². The minimum atomic E-state index is -0.960. The van der Waals surface area contributed by atoms with Gasteiger partial charge in [-0.3, -0.25) is 0 Å². The van der Waals surface area contributed by atoms with Gasteiger partial charge in [0.2, 0.25) is 0 Å². The zero-order chi connectivity index (χ0) is 15.2. The molecule has 0 fully saturated rings. The normalized spacial score (nSPS) is 12.0. The van der Waals surface area contributed by atoms with Gasteiger partial charge in [0.05, 0.1) is 12.6 Å². The third-order valence-electron chi connectivity index (χ3n) is 2.79. The van der Waals surface area contributed by atoms with Gasteiger partial charge in [-0.05, 0) is 23.6 Å². The molecular weight excluding hydrogens is 331 g/mol. The van der Waals surface area contributed by atoms with Gasteiger partial charge in [0, 0.05) is 27.0 Å². The number of amides is 2. The summed E-state index contributed by atoms with van der Waals surface area (Å²) < 4.78 is 0. The Labute approximate surface area is 136 Å². The zero-order valence-corrected chi connectivity index (χ0v) is 13.3. The monoisotopic (exact) mass is 344 g/mol. The molecule has 0 radical (unpaired) electrons. The van der Waals surface area contributed by atoms with Crippen LogP contribution in [0, 0.1) is 0 Å². The first-order chi connectivity index (χ1) is 10.1. The Morgan fingerprint density at radius 2 is 1.90 bits per heavy atom. The highest BCUT2D eigenvalue weighted by molar-refractivity contribution is 7.09. The topological polar surface area (TPSA) is 61.4 Å². The van der Waals surface area contributed by atoms with Crippen molar-refractivity contribution in [3.8, 4) is 0 Å². The van der Waals surface area contributed by atoms with Crippen LogP contribution in [-0.4, -0.2) is 17.7 Å². The Morgan fingerprint density at radius 1 is 1.19 bits per heavy atom. The minimum Gasteiger partial charge on any atom is -0.386 e. The van der Waals surface area contributed by atoms with Crippen LogP contribution < -0.4 is 10.6 Å². The molecule has 0 aliphatic heterocycles. The van der Waals surface area contributed by atoms with Crippen molar-refractivity contribution < 1.29 is 9.90 Å². The summed E-state index contributed by atoms with van der Waals surface area (Å²) in [6.45, 7) is 0.478. The molecular formula is C14H14Cl2N2O2S. The maximum Gasteiger partial charge on any atom is 0.315 e. The number of urea groups is 1. The maximum absolute atomic E-state index is 11.6. The van der Waals surface area contributed by atoms with E-state index in [9.17, 15) is 9.90 Å². The molecule has 0 bridgehead atoms. The molecule has 1 aromatic heterocycles. The van der Waals surface area contributed by atoms with E-state index in [1.54, 1.807) is 29.5 Å². The van der Waals surface area contributed by atoms with Crippen molar-refractivity contribution in [3.63, 3.8) is 0 Å². The van der Waals surface area contributed by atoms with Crippen molar-refractivity contribution in [3.05, 3.63) is 56.2 Å². The first-order valence-corrected chi connectivity index (χ1v) is 7.87. The molecule has 0 spiro atoms. The van der Waals surface area contributed by atoms with E-state index in [2.05, 4.69) is 10.6 Å². The van der Waals surface area contributed by atoms with Crippen molar-refractivity contribution in [1.29, 1.82) is 0 Å². The molecule has 1 unspecified atom stereocenters. The van der Waals surface area contributed by atoms with E-state index in [0.717, 1.165) is 4.88 Å². The van der Waals surface area contributed by atoms with E-state index in [4.69, 9.17) is 23.2 Å². The Morgan fingerprint density at radius 3 is 2.52 bits per heavy atom. The number of hydrogen-bond acceptors (Lipinski definition) is 3. The Balaban J connectivity index is 1.83. The fraction of sp³-hybridized carbons (Fsp3) is 0.214. The summed E-state index contributed by atoms with van der Waals surface area (Å²) in [7, 11) is 0. The first-order valence-electron chi connectivity index (χ1n) is 6.24. The zero-order valence-electron chi connectivity index (χ0n) is 11.0. The number of halogens is 2. The number of aliphatic hydroxyl groups is 1. The van der Waals surface area contributed by atoms with Gasteiger partial charge in [-0.25, -0.2) is 4.79 Å². The average Bonchev–Trinajstić information content (AvgIpc) is 2.96. The molecule has 2 aromatic rings. The van der Waals surface area contributed by atoms with E-state index in [1.165, 1.54) is 0 Å². The summed E-state index contributed by atoms with van der Waals surface area (Å²) in [5.74, 6) is 0. The standard InChI is InChI=1S/C14H14Cl2N2O2S/c15-10-4-1-5-11(16)13(10)12(19)8-18-14(20)17-7-9-3-2-6-21-9/h1-6,12,19H,7-8H2,(H2,17,18,20). The van der Waals surface area contributed by atoms with E-state index in [1.807, 2.05) is 17.5 Å². The van der Waals surface area contributed by atoms with Gasteiger partial charge in [-0.1, -0.05) is 35.3 Å².